The molecule has 0 radical (unpaired) electrons. The molecule has 0 bridgehead atoms. The monoisotopic (exact) mass is 403 g/mol. The molecule has 21 heavy (non-hydrogen) atoms. The molecule has 0 spiro atoms. The van der Waals surface area contributed by atoms with E-state index in [9.17, 15) is 9.90 Å². The number of rotatable bonds is 7. The third kappa shape index (κ3) is 3.88. The first kappa shape index (κ1) is 16.5. The zero-order valence-electron chi connectivity index (χ0n) is 12.2. The number of benzene rings is 1. The van der Waals surface area contributed by atoms with Gasteiger partial charge in [-0.3, -0.25) is 0 Å². The highest BCUT2D eigenvalue weighted by molar-refractivity contribution is 14.1. The molecule has 0 heterocycles. The lowest BCUT2D eigenvalue weighted by atomic mass is 9.84. The van der Waals surface area contributed by atoms with Crippen LogP contribution < -0.4 is 5.73 Å². The van der Waals surface area contributed by atoms with Crippen molar-refractivity contribution < 1.29 is 14.6 Å². The largest absolute Gasteiger partial charge is 0.446 e. The Morgan fingerprint density at radius 2 is 2.19 bits per heavy atom. The molecule has 3 N–H and O–H groups in total. The first-order chi connectivity index (χ1) is 9.99. The van der Waals surface area contributed by atoms with Crippen LogP contribution >= 0.6 is 22.6 Å². The van der Waals surface area contributed by atoms with Gasteiger partial charge in [0.1, 0.15) is 6.10 Å². The molecule has 0 saturated heterocycles. The zero-order chi connectivity index (χ0) is 15.5. The number of halogens is 1. The number of hydrogen-bond donors (Lipinski definition) is 2. The first-order valence-corrected chi connectivity index (χ1v) is 8.50. The first-order valence-electron chi connectivity index (χ1n) is 7.42. The number of primary amides is 1. The molecular weight excluding hydrogens is 381 g/mol. The summed E-state index contributed by atoms with van der Waals surface area (Å²) in [6.45, 7) is 2.14. The van der Waals surface area contributed by atoms with Crippen LogP contribution in [0.15, 0.2) is 24.3 Å². The van der Waals surface area contributed by atoms with Crippen molar-refractivity contribution in [3.63, 3.8) is 0 Å². The normalized spacial score (nSPS) is 23.4. The highest BCUT2D eigenvalue weighted by Crippen LogP contribution is 2.51. The van der Waals surface area contributed by atoms with E-state index in [1.807, 2.05) is 24.3 Å². The minimum absolute atomic E-state index is 0.0576. The Morgan fingerprint density at radius 1 is 1.48 bits per heavy atom. The Hall–Kier alpha value is -0.820. The van der Waals surface area contributed by atoms with Crippen molar-refractivity contribution in [1.29, 1.82) is 0 Å². The summed E-state index contributed by atoms with van der Waals surface area (Å²) >= 11 is 2.25. The van der Waals surface area contributed by atoms with Gasteiger partial charge in [-0.15, -0.1) is 0 Å². The average molecular weight is 403 g/mol. The maximum Gasteiger partial charge on any atom is 0.404 e. The number of hydrogen-bond acceptors (Lipinski definition) is 3. The Bertz CT molecular complexity index is 508. The summed E-state index contributed by atoms with van der Waals surface area (Å²) in [4.78, 5) is 10.9. The molecule has 1 fully saturated rings. The molecule has 116 valence electrons. The summed E-state index contributed by atoms with van der Waals surface area (Å²) in [5.74, 6) is -0.0576. The summed E-state index contributed by atoms with van der Waals surface area (Å²) in [7, 11) is 0. The maximum absolute atomic E-state index is 11.3. The molecule has 2 rings (SSSR count). The van der Waals surface area contributed by atoms with E-state index in [0.717, 1.165) is 28.4 Å². The second-order valence-electron chi connectivity index (χ2n) is 5.68. The van der Waals surface area contributed by atoms with E-state index in [1.54, 1.807) is 0 Å². The van der Waals surface area contributed by atoms with Gasteiger partial charge in [0.15, 0.2) is 0 Å². The highest BCUT2D eigenvalue weighted by atomic mass is 127. The van der Waals surface area contributed by atoms with Gasteiger partial charge >= 0.3 is 6.09 Å². The lowest BCUT2D eigenvalue weighted by molar-refractivity contribution is -0.0140. The molecule has 0 aliphatic heterocycles. The topological polar surface area (TPSA) is 72.6 Å². The Labute approximate surface area is 139 Å². The molecule has 1 saturated carbocycles. The number of aliphatic hydroxyl groups is 1. The van der Waals surface area contributed by atoms with Gasteiger partial charge < -0.3 is 15.6 Å². The van der Waals surface area contributed by atoms with Crippen LogP contribution in [0.1, 0.15) is 44.6 Å². The van der Waals surface area contributed by atoms with Crippen LogP contribution in [0.4, 0.5) is 4.79 Å². The molecule has 4 nitrogen and oxygen atoms in total. The second kappa shape index (κ2) is 6.96. The maximum atomic E-state index is 11.3. The van der Waals surface area contributed by atoms with Gasteiger partial charge in [0.2, 0.25) is 0 Å². The predicted molar refractivity (Wildman–Crippen MR) is 89.8 cm³/mol. The zero-order valence-corrected chi connectivity index (χ0v) is 14.4. The third-order valence-corrected chi connectivity index (χ3v) is 5.06. The Kier molecular flexibility index (Phi) is 5.48. The molecule has 5 heteroatoms. The molecule has 3 atom stereocenters. The minimum Gasteiger partial charge on any atom is -0.446 e. The van der Waals surface area contributed by atoms with Gasteiger partial charge in [0, 0.05) is 9.49 Å². The van der Waals surface area contributed by atoms with E-state index in [0.29, 0.717) is 12.8 Å². The molecule has 0 aromatic heterocycles. The highest BCUT2D eigenvalue weighted by Gasteiger charge is 2.55. The van der Waals surface area contributed by atoms with Crippen molar-refractivity contribution in [3.8, 4) is 0 Å². The van der Waals surface area contributed by atoms with Crippen LogP contribution in [0.25, 0.3) is 0 Å². The lowest BCUT2D eigenvalue weighted by Crippen LogP contribution is -2.32. The summed E-state index contributed by atoms with van der Waals surface area (Å²) in [5, 5.41) is 11.3. The fourth-order valence-electron chi connectivity index (χ4n) is 2.93. The summed E-state index contributed by atoms with van der Waals surface area (Å²) in [5.41, 5.74) is 5.08. The predicted octanol–water partition coefficient (Wildman–Crippen LogP) is 3.54. The van der Waals surface area contributed by atoms with E-state index in [-0.39, 0.29) is 12.0 Å². The molecule has 1 unspecified atom stereocenters. The summed E-state index contributed by atoms with van der Waals surface area (Å²) < 4.78 is 6.10. The van der Waals surface area contributed by atoms with E-state index in [4.69, 9.17) is 10.5 Å². The number of ether oxygens (including phenoxy) is 1. The smallest absolute Gasteiger partial charge is 0.404 e. The number of carbonyl (C=O) groups is 1. The van der Waals surface area contributed by atoms with Crippen molar-refractivity contribution in [3.05, 3.63) is 33.4 Å². The van der Waals surface area contributed by atoms with Crippen LogP contribution in [-0.4, -0.2) is 17.3 Å². The van der Waals surface area contributed by atoms with Gasteiger partial charge in [0.05, 0.1) is 5.60 Å². The summed E-state index contributed by atoms with van der Waals surface area (Å²) in [6.07, 6.45) is 3.48. The Balaban J connectivity index is 2.19. The SMILES string of the molecule is CCCCC[C@@](O)(c1ccccc1I)[C@H]1CC1OC(N)=O. The number of unbranched alkanes of at least 4 members (excludes halogenated alkanes) is 2. The molecular formula is C16H22INO3. The molecule has 1 aliphatic rings. The molecule has 1 aliphatic carbocycles. The molecule has 1 aromatic rings. The quantitative estimate of drug-likeness (QED) is 0.540. The van der Waals surface area contributed by atoms with E-state index in [1.165, 1.54) is 0 Å². The average Bonchev–Trinajstić information content (AvgIpc) is 3.18. The van der Waals surface area contributed by atoms with Crippen LogP contribution in [0.5, 0.6) is 0 Å². The van der Waals surface area contributed by atoms with Crippen LogP contribution in [-0.2, 0) is 10.3 Å². The second-order valence-corrected chi connectivity index (χ2v) is 6.84. The van der Waals surface area contributed by atoms with Crippen molar-refractivity contribution in [2.75, 3.05) is 0 Å². The van der Waals surface area contributed by atoms with Crippen molar-refractivity contribution >= 4 is 28.7 Å². The van der Waals surface area contributed by atoms with E-state index >= 15 is 0 Å². The van der Waals surface area contributed by atoms with Gasteiger partial charge in [-0.2, -0.15) is 0 Å². The van der Waals surface area contributed by atoms with Crippen LogP contribution in [0.2, 0.25) is 0 Å². The number of amides is 1. The minimum atomic E-state index is -0.937. The summed E-state index contributed by atoms with van der Waals surface area (Å²) in [6, 6.07) is 7.86. The van der Waals surface area contributed by atoms with Crippen LogP contribution in [0.3, 0.4) is 0 Å². The lowest BCUT2D eigenvalue weighted by Gasteiger charge is -2.30. The fourth-order valence-corrected chi connectivity index (χ4v) is 3.78. The Morgan fingerprint density at radius 3 is 2.81 bits per heavy atom. The van der Waals surface area contributed by atoms with Crippen molar-refractivity contribution in [2.45, 2.75) is 50.7 Å². The van der Waals surface area contributed by atoms with Crippen LogP contribution in [0, 0.1) is 9.49 Å². The van der Waals surface area contributed by atoms with Crippen molar-refractivity contribution in [2.24, 2.45) is 11.7 Å². The van der Waals surface area contributed by atoms with E-state index < -0.39 is 11.7 Å². The number of carbonyl (C=O) groups excluding carboxylic acids is 1. The standard InChI is InChI=1S/C16H22INO3/c1-2-3-6-9-16(20,11-7-4-5-8-13(11)17)12-10-14(12)21-15(18)19/h4-5,7-8,12,14,20H,2-3,6,9-10H2,1H3,(H2,18,19)/t12-,14?,16+/m0/s1. The fraction of sp³-hybridized carbons (Fsp3) is 0.562. The molecule has 1 aromatic carbocycles. The third-order valence-electron chi connectivity index (χ3n) is 4.11. The van der Waals surface area contributed by atoms with Gasteiger partial charge in [-0.1, -0.05) is 44.4 Å². The molecule has 1 amide bonds. The number of nitrogens with two attached hydrogens (primary N) is 1. The van der Waals surface area contributed by atoms with E-state index in [2.05, 4.69) is 29.5 Å². The van der Waals surface area contributed by atoms with Crippen molar-refractivity contribution in [1.82, 2.24) is 0 Å². The van der Waals surface area contributed by atoms with Gasteiger partial charge in [-0.05, 0) is 47.1 Å². The van der Waals surface area contributed by atoms with Gasteiger partial charge in [0.25, 0.3) is 0 Å². The van der Waals surface area contributed by atoms with Gasteiger partial charge in [-0.25, -0.2) is 4.79 Å².